The number of furan rings is 1. The van der Waals surface area contributed by atoms with Crippen LogP contribution in [-0.4, -0.2) is 36.7 Å². The molecule has 1 aromatic carbocycles. The van der Waals surface area contributed by atoms with Crippen molar-refractivity contribution in [3.05, 3.63) is 54.0 Å². The predicted octanol–water partition coefficient (Wildman–Crippen LogP) is 4.53. The predicted molar refractivity (Wildman–Crippen MR) is 104 cm³/mol. The van der Waals surface area contributed by atoms with E-state index in [-0.39, 0.29) is 11.5 Å². The maximum atomic E-state index is 12.9. The number of benzene rings is 1. The highest BCUT2D eigenvalue weighted by Crippen LogP contribution is 2.31. The second-order valence-electron chi connectivity index (χ2n) is 7.81. The fourth-order valence-electron chi connectivity index (χ4n) is 3.70. The van der Waals surface area contributed by atoms with Crippen molar-refractivity contribution in [2.45, 2.75) is 45.3 Å². The zero-order valence-corrected chi connectivity index (χ0v) is 16.4. The molecule has 1 saturated heterocycles. The Bertz CT molecular complexity index is 721. The van der Waals surface area contributed by atoms with E-state index in [0.29, 0.717) is 24.8 Å². The van der Waals surface area contributed by atoms with Gasteiger partial charge >= 0.3 is 0 Å². The average molecular weight is 371 g/mol. The molecule has 0 aliphatic carbocycles. The molecule has 5 nitrogen and oxygen atoms in total. The summed E-state index contributed by atoms with van der Waals surface area (Å²) in [6.45, 7) is 6.33. The first-order chi connectivity index (χ1) is 13.0. The lowest BCUT2D eigenvalue weighted by atomic mass is 9.86. The summed E-state index contributed by atoms with van der Waals surface area (Å²) >= 11 is 0. The van der Waals surface area contributed by atoms with Crippen molar-refractivity contribution < 1.29 is 18.7 Å². The molecule has 1 atom stereocenters. The van der Waals surface area contributed by atoms with Crippen LogP contribution in [0.1, 0.15) is 49.2 Å². The van der Waals surface area contributed by atoms with Crippen molar-refractivity contribution >= 4 is 5.91 Å². The van der Waals surface area contributed by atoms with Crippen LogP contribution < -0.4 is 4.74 Å². The van der Waals surface area contributed by atoms with E-state index in [9.17, 15) is 4.79 Å². The van der Waals surface area contributed by atoms with Gasteiger partial charge in [-0.2, -0.15) is 0 Å². The normalized spacial score (nSPS) is 18.9. The minimum atomic E-state index is -0.0747. The molecule has 1 amide bonds. The fourth-order valence-corrected chi connectivity index (χ4v) is 3.70. The van der Waals surface area contributed by atoms with Gasteiger partial charge in [0.15, 0.2) is 5.76 Å². The van der Waals surface area contributed by atoms with Gasteiger partial charge in [0.2, 0.25) is 0 Å². The Labute approximate surface area is 161 Å². The van der Waals surface area contributed by atoms with Crippen molar-refractivity contribution in [2.24, 2.45) is 5.92 Å². The Morgan fingerprint density at radius 2 is 2.04 bits per heavy atom. The van der Waals surface area contributed by atoms with Crippen LogP contribution in [0.2, 0.25) is 0 Å². The molecular weight excluding hydrogens is 342 g/mol. The summed E-state index contributed by atoms with van der Waals surface area (Å²) in [6, 6.07) is 11.3. The molecule has 2 heterocycles. The van der Waals surface area contributed by atoms with E-state index in [1.807, 2.05) is 29.2 Å². The van der Waals surface area contributed by atoms with Crippen LogP contribution in [0.4, 0.5) is 0 Å². The standard InChI is InChI=1S/C22H29NO4/c1-22(2)15-17(11-14-27-22)10-12-23(21(24)20-5-4-13-26-20)16-18-6-8-19(25-3)9-7-18/h4-9,13,17H,10-12,14-16H2,1-3H3. The molecule has 5 heteroatoms. The first kappa shape index (κ1) is 19.5. The van der Waals surface area contributed by atoms with E-state index in [0.717, 1.165) is 37.2 Å². The molecule has 1 aliphatic rings. The first-order valence-electron chi connectivity index (χ1n) is 9.56. The lowest BCUT2D eigenvalue weighted by Crippen LogP contribution is -2.37. The Hall–Kier alpha value is -2.27. The van der Waals surface area contributed by atoms with E-state index < -0.39 is 0 Å². The third kappa shape index (κ3) is 5.36. The lowest BCUT2D eigenvalue weighted by Gasteiger charge is -2.36. The van der Waals surface area contributed by atoms with Crippen LogP contribution >= 0.6 is 0 Å². The highest BCUT2D eigenvalue weighted by molar-refractivity contribution is 5.91. The zero-order valence-electron chi connectivity index (χ0n) is 16.4. The largest absolute Gasteiger partial charge is 0.497 e. The number of rotatable bonds is 7. The van der Waals surface area contributed by atoms with Crippen LogP contribution in [0.25, 0.3) is 0 Å². The van der Waals surface area contributed by atoms with Crippen molar-refractivity contribution in [2.75, 3.05) is 20.3 Å². The zero-order chi connectivity index (χ0) is 19.3. The van der Waals surface area contributed by atoms with Gasteiger partial charge in [-0.3, -0.25) is 4.79 Å². The van der Waals surface area contributed by atoms with Gasteiger partial charge < -0.3 is 18.8 Å². The monoisotopic (exact) mass is 371 g/mol. The fraction of sp³-hybridized carbons (Fsp3) is 0.500. The third-order valence-electron chi connectivity index (χ3n) is 5.16. The second kappa shape index (κ2) is 8.61. The Kier molecular flexibility index (Phi) is 6.22. The highest BCUT2D eigenvalue weighted by Gasteiger charge is 2.29. The third-order valence-corrected chi connectivity index (χ3v) is 5.16. The van der Waals surface area contributed by atoms with Crippen molar-refractivity contribution in [3.63, 3.8) is 0 Å². The Morgan fingerprint density at radius 1 is 1.26 bits per heavy atom. The molecule has 27 heavy (non-hydrogen) atoms. The SMILES string of the molecule is COc1ccc(CN(CCC2CCOC(C)(C)C2)C(=O)c2ccco2)cc1. The summed E-state index contributed by atoms with van der Waals surface area (Å²) < 4.78 is 16.4. The summed E-state index contributed by atoms with van der Waals surface area (Å²) in [7, 11) is 1.65. The quantitative estimate of drug-likeness (QED) is 0.718. The van der Waals surface area contributed by atoms with Crippen LogP contribution in [-0.2, 0) is 11.3 Å². The van der Waals surface area contributed by atoms with Gasteiger partial charge in [0.1, 0.15) is 5.75 Å². The van der Waals surface area contributed by atoms with E-state index in [2.05, 4.69) is 13.8 Å². The van der Waals surface area contributed by atoms with E-state index in [4.69, 9.17) is 13.9 Å². The maximum absolute atomic E-state index is 12.9. The molecule has 2 aromatic rings. The number of nitrogens with zero attached hydrogens (tertiary/aromatic N) is 1. The van der Waals surface area contributed by atoms with E-state index in [1.165, 1.54) is 0 Å². The number of hydrogen-bond donors (Lipinski definition) is 0. The van der Waals surface area contributed by atoms with E-state index >= 15 is 0 Å². The molecule has 146 valence electrons. The van der Waals surface area contributed by atoms with Crippen molar-refractivity contribution in [3.8, 4) is 5.75 Å². The van der Waals surface area contributed by atoms with Gasteiger partial charge in [-0.25, -0.2) is 0 Å². The summed E-state index contributed by atoms with van der Waals surface area (Å²) in [4.78, 5) is 14.8. The molecule has 1 aromatic heterocycles. The number of hydrogen-bond acceptors (Lipinski definition) is 4. The molecule has 0 N–H and O–H groups in total. The molecule has 1 aliphatic heterocycles. The van der Waals surface area contributed by atoms with Crippen LogP contribution in [0.5, 0.6) is 5.75 Å². The number of methoxy groups -OCH3 is 1. The lowest BCUT2D eigenvalue weighted by molar-refractivity contribution is -0.0742. The summed E-state index contributed by atoms with van der Waals surface area (Å²) in [5.74, 6) is 1.70. The molecule has 1 fully saturated rings. The van der Waals surface area contributed by atoms with Crippen LogP contribution in [0.15, 0.2) is 47.1 Å². The maximum Gasteiger partial charge on any atom is 0.289 e. The molecule has 0 saturated carbocycles. The van der Waals surface area contributed by atoms with Crippen LogP contribution in [0, 0.1) is 5.92 Å². The number of carbonyl (C=O) groups is 1. The van der Waals surface area contributed by atoms with Gasteiger partial charge in [0.25, 0.3) is 5.91 Å². The van der Waals surface area contributed by atoms with Crippen molar-refractivity contribution in [1.29, 1.82) is 0 Å². The topological polar surface area (TPSA) is 51.9 Å². The average Bonchev–Trinajstić information content (AvgIpc) is 3.19. The summed E-state index contributed by atoms with van der Waals surface area (Å²) in [6.07, 6.45) is 4.59. The molecular formula is C22H29NO4. The molecule has 0 spiro atoms. The number of amides is 1. The molecule has 3 rings (SSSR count). The highest BCUT2D eigenvalue weighted by atomic mass is 16.5. The molecule has 1 unspecified atom stereocenters. The van der Waals surface area contributed by atoms with Crippen molar-refractivity contribution in [1.82, 2.24) is 4.90 Å². The van der Waals surface area contributed by atoms with Gasteiger partial charge in [-0.15, -0.1) is 0 Å². The van der Waals surface area contributed by atoms with Gasteiger partial charge in [-0.05, 0) is 68.9 Å². The minimum Gasteiger partial charge on any atom is -0.497 e. The molecule has 0 bridgehead atoms. The van der Waals surface area contributed by atoms with Crippen LogP contribution in [0.3, 0.4) is 0 Å². The summed E-state index contributed by atoms with van der Waals surface area (Å²) in [5, 5.41) is 0. The summed E-state index contributed by atoms with van der Waals surface area (Å²) in [5.41, 5.74) is 0.998. The van der Waals surface area contributed by atoms with Gasteiger partial charge in [0.05, 0.1) is 19.0 Å². The van der Waals surface area contributed by atoms with Gasteiger partial charge in [-0.1, -0.05) is 12.1 Å². The first-order valence-corrected chi connectivity index (χ1v) is 9.56. The smallest absolute Gasteiger partial charge is 0.289 e. The second-order valence-corrected chi connectivity index (χ2v) is 7.81. The van der Waals surface area contributed by atoms with E-state index in [1.54, 1.807) is 25.5 Å². The Morgan fingerprint density at radius 3 is 2.67 bits per heavy atom. The van der Waals surface area contributed by atoms with Gasteiger partial charge in [0, 0.05) is 19.7 Å². The number of carbonyl (C=O) groups excluding carboxylic acids is 1. The minimum absolute atomic E-state index is 0.0675. The molecule has 0 radical (unpaired) electrons. The Balaban J connectivity index is 1.68. The number of ether oxygens (including phenoxy) is 2.